The van der Waals surface area contributed by atoms with Gasteiger partial charge in [0.1, 0.15) is 17.1 Å². The van der Waals surface area contributed by atoms with Crippen LogP contribution in [0.25, 0.3) is 33.5 Å². The Balaban J connectivity index is 1.44. The van der Waals surface area contributed by atoms with Crippen molar-refractivity contribution in [1.29, 1.82) is 0 Å². The van der Waals surface area contributed by atoms with E-state index in [0.717, 1.165) is 39.2 Å². The molecule has 5 aromatic heterocycles. The third-order valence-electron chi connectivity index (χ3n) is 4.30. The summed E-state index contributed by atoms with van der Waals surface area (Å²) in [6.07, 6.45) is 7.12. The zero-order chi connectivity index (χ0) is 18.9. The van der Waals surface area contributed by atoms with Gasteiger partial charge < -0.3 is 13.5 Å². The van der Waals surface area contributed by atoms with Crippen LogP contribution in [0.1, 0.15) is 11.5 Å². The number of imidazole rings is 1. The lowest BCUT2D eigenvalue weighted by molar-refractivity contribution is 0.378. The van der Waals surface area contributed by atoms with Crippen LogP contribution in [0.2, 0.25) is 0 Å². The van der Waals surface area contributed by atoms with Gasteiger partial charge >= 0.3 is 0 Å². The maximum absolute atomic E-state index is 5.85. The number of aryl methyl sites for hydroxylation is 1. The van der Waals surface area contributed by atoms with E-state index in [4.69, 9.17) is 8.94 Å². The minimum Gasteiger partial charge on any atom is -0.440 e. The minimum absolute atomic E-state index is 0.489. The van der Waals surface area contributed by atoms with Gasteiger partial charge in [-0.1, -0.05) is 11.2 Å². The monoisotopic (exact) mass is 389 g/mol. The number of pyridine rings is 1. The Bertz CT molecular complexity index is 1200. The van der Waals surface area contributed by atoms with Crippen LogP contribution in [0.3, 0.4) is 0 Å². The Labute approximate surface area is 164 Å². The molecule has 0 fully saturated rings. The average molecular weight is 389 g/mol. The fraction of sp³-hybridized carbons (Fsp3) is 0.100. The molecule has 0 saturated carbocycles. The van der Waals surface area contributed by atoms with Crippen molar-refractivity contribution < 1.29 is 8.94 Å². The SMILES string of the molecule is Cc1oc(-c2cccs2)nc1-c1nccn1Cc1cc(-c2cccnc2)no1. The molecule has 28 heavy (non-hydrogen) atoms. The summed E-state index contributed by atoms with van der Waals surface area (Å²) < 4.78 is 13.3. The Hall–Kier alpha value is -3.52. The number of aromatic nitrogens is 5. The molecule has 0 atom stereocenters. The normalized spacial score (nSPS) is 11.2. The van der Waals surface area contributed by atoms with Crippen molar-refractivity contribution in [2.45, 2.75) is 13.5 Å². The predicted molar refractivity (Wildman–Crippen MR) is 105 cm³/mol. The molecule has 0 unspecified atom stereocenters. The summed E-state index contributed by atoms with van der Waals surface area (Å²) in [6, 6.07) is 9.69. The van der Waals surface area contributed by atoms with Crippen molar-refractivity contribution in [1.82, 2.24) is 24.7 Å². The first-order chi connectivity index (χ1) is 13.8. The molecule has 5 aromatic rings. The summed E-state index contributed by atoms with van der Waals surface area (Å²) in [5, 5.41) is 6.14. The maximum atomic E-state index is 5.85. The van der Waals surface area contributed by atoms with Crippen LogP contribution < -0.4 is 0 Å². The number of thiophene rings is 1. The summed E-state index contributed by atoms with van der Waals surface area (Å²) in [5.74, 6) is 2.78. The lowest BCUT2D eigenvalue weighted by Gasteiger charge is -2.03. The van der Waals surface area contributed by atoms with Crippen molar-refractivity contribution in [2.24, 2.45) is 0 Å². The summed E-state index contributed by atoms with van der Waals surface area (Å²) in [6.45, 7) is 2.39. The minimum atomic E-state index is 0.489. The molecule has 0 amide bonds. The van der Waals surface area contributed by atoms with Gasteiger partial charge in [0.2, 0.25) is 5.89 Å². The van der Waals surface area contributed by atoms with E-state index in [2.05, 4.69) is 20.1 Å². The lowest BCUT2D eigenvalue weighted by Crippen LogP contribution is -2.01. The highest BCUT2D eigenvalue weighted by Crippen LogP contribution is 2.30. The summed E-state index contributed by atoms with van der Waals surface area (Å²) >= 11 is 1.59. The summed E-state index contributed by atoms with van der Waals surface area (Å²) in [5.41, 5.74) is 2.39. The van der Waals surface area contributed by atoms with Crippen molar-refractivity contribution >= 4 is 11.3 Å². The molecular formula is C20H15N5O2S. The molecule has 0 radical (unpaired) electrons. The predicted octanol–water partition coefficient (Wildman–Crippen LogP) is 4.67. The summed E-state index contributed by atoms with van der Waals surface area (Å²) in [4.78, 5) is 14.2. The van der Waals surface area contributed by atoms with Crippen molar-refractivity contribution in [3.8, 4) is 33.5 Å². The molecule has 0 aliphatic rings. The highest BCUT2D eigenvalue weighted by Gasteiger charge is 2.19. The maximum Gasteiger partial charge on any atom is 0.237 e. The number of hydrogen-bond acceptors (Lipinski definition) is 7. The summed E-state index contributed by atoms with van der Waals surface area (Å²) in [7, 11) is 0. The molecule has 0 spiro atoms. The van der Waals surface area contributed by atoms with Crippen LogP contribution in [-0.2, 0) is 6.54 Å². The smallest absolute Gasteiger partial charge is 0.237 e. The van der Waals surface area contributed by atoms with Crippen LogP contribution in [0, 0.1) is 6.92 Å². The lowest BCUT2D eigenvalue weighted by atomic mass is 10.2. The van der Waals surface area contributed by atoms with Gasteiger partial charge in [0.15, 0.2) is 11.6 Å². The second kappa shape index (κ2) is 6.90. The van der Waals surface area contributed by atoms with E-state index in [1.165, 1.54) is 0 Å². The Kier molecular flexibility index (Phi) is 4.10. The number of nitrogens with zero attached hydrogens (tertiary/aromatic N) is 5. The standard InChI is InChI=1S/C20H15N5O2S/c1-13-18(23-20(26-13)17-5-3-9-28-17)19-22-7-8-25(19)12-15-10-16(24-27-15)14-4-2-6-21-11-14/h2-11H,12H2,1H3. The van der Waals surface area contributed by atoms with Gasteiger partial charge in [0.25, 0.3) is 0 Å². The molecule has 0 aliphatic carbocycles. The van der Waals surface area contributed by atoms with Crippen molar-refractivity contribution in [2.75, 3.05) is 0 Å². The van der Waals surface area contributed by atoms with Crippen LogP contribution in [0.5, 0.6) is 0 Å². The second-order valence-corrected chi connectivity index (χ2v) is 7.15. The van der Waals surface area contributed by atoms with E-state index >= 15 is 0 Å². The molecule has 7 nitrogen and oxygen atoms in total. The largest absolute Gasteiger partial charge is 0.440 e. The first-order valence-corrected chi connectivity index (χ1v) is 9.55. The fourth-order valence-electron chi connectivity index (χ4n) is 2.97. The zero-order valence-electron chi connectivity index (χ0n) is 14.9. The Morgan fingerprint density at radius 2 is 2.14 bits per heavy atom. The van der Waals surface area contributed by atoms with E-state index in [9.17, 15) is 0 Å². The van der Waals surface area contributed by atoms with Crippen LogP contribution in [0.4, 0.5) is 0 Å². The van der Waals surface area contributed by atoms with Gasteiger partial charge in [-0.15, -0.1) is 11.3 Å². The van der Waals surface area contributed by atoms with Gasteiger partial charge in [-0.25, -0.2) is 9.97 Å². The van der Waals surface area contributed by atoms with Crippen molar-refractivity contribution in [3.63, 3.8) is 0 Å². The number of hydrogen-bond donors (Lipinski definition) is 0. The second-order valence-electron chi connectivity index (χ2n) is 6.20. The van der Waals surface area contributed by atoms with Crippen LogP contribution >= 0.6 is 11.3 Å². The molecule has 8 heteroatoms. The molecule has 5 rings (SSSR count). The Morgan fingerprint density at radius 1 is 1.18 bits per heavy atom. The van der Waals surface area contributed by atoms with Crippen LogP contribution in [0.15, 0.2) is 69.4 Å². The van der Waals surface area contributed by atoms with Crippen LogP contribution in [-0.4, -0.2) is 24.7 Å². The highest BCUT2D eigenvalue weighted by atomic mass is 32.1. The number of rotatable bonds is 5. The van der Waals surface area contributed by atoms with Gasteiger partial charge in [-0.2, -0.15) is 0 Å². The van der Waals surface area contributed by atoms with E-state index in [1.807, 2.05) is 53.4 Å². The quantitative estimate of drug-likeness (QED) is 0.434. The van der Waals surface area contributed by atoms with Crippen molar-refractivity contribution in [3.05, 3.63) is 72.0 Å². The molecule has 0 bridgehead atoms. The molecular weight excluding hydrogens is 374 g/mol. The van der Waals surface area contributed by atoms with Gasteiger partial charge in [-0.05, 0) is 30.5 Å². The Morgan fingerprint density at radius 3 is 2.96 bits per heavy atom. The molecule has 5 heterocycles. The van der Waals surface area contributed by atoms with Gasteiger partial charge in [0.05, 0.1) is 11.4 Å². The van der Waals surface area contributed by atoms with E-state index in [0.29, 0.717) is 12.4 Å². The van der Waals surface area contributed by atoms with Gasteiger partial charge in [-0.3, -0.25) is 4.98 Å². The van der Waals surface area contributed by atoms with Gasteiger partial charge in [0, 0.05) is 36.4 Å². The molecule has 138 valence electrons. The topological polar surface area (TPSA) is 82.8 Å². The zero-order valence-corrected chi connectivity index (χ0v) is 15.8. The first-order valence-electron chi connectivity index (χ1n) is 8.67. The molecule has 0 saturated heterocycles. The third-order valence-corrected chi connectivity index (χ3v) is 5.16. The van der Waals surface area contributed by atoms with E-state index in [1.54, 1.807) is 29.9 Å². The average Bonchev–Trinajstić information content (AvgIpc) is 3.50. The number of oxazole rings is 1. The molecule has 0 aliphatic heterocycles. The van der Waals surface area contributed by atoms with E-state index in [-0.39, 0.29) is 0 Å². The highest BCUT2D eigenvalue weighted by molar-refractivity contribution is 7.13. The first kappa shape index (κ1) is 16.6. The third kappa shape index (κ3) is 3.03. The molecule has 0 N–H and O–H groups in total. The van der Waals surface area contributed by atoms with E-state index < -0.39 is 0 Å². The molecule has 0 aromatic carbocycles. The fourth-order valence-corrected chi connectivity index (χ4v) is 3.62.